The molecule has 7 atom stereocenters. The molecular weight excluding hydrogens is 654 g/mol. The van der Waals surface area contributed by atoms with Crippen molar-refractivity contribution in [2.75, 3.05) is 37.8 Å². The van der Waals surface area contributed by atoms with Gasteiger partial charge in [0.2, 0.25) is 11.8 Å². The van der Waals surface area contributed by atoms with Crippen molar-refractivity contribution in [1.29, 1.82) is 0 Å². The van der Waals surface area contributed by atoms with Gasteiger partial charge in [0.15, 0.2) is 6.61 Å². The van der Waals surface area contributed by atoms with Crippen molar-refractivity contribution in [2.24, 2.45) is 29.6 Å². The summed E-state index contributed by atoms with van der Waals surface area (Å²) in [6, 6.07) is 15.1. The lowest BCUT2D eigenvalue weighted by molar-refractivity contribution is -0.137. The number of carbonyl (C=O) groups excluding carboxylic acids is 3. The van der Waals surface area contributed by atoms with E-state index < -0.39 is 0 Å². The summed E-state index contributed by atoms with van der Waals surface area (Å²) in [5.41, 5.74) is 1.60. The number of carbonyl (C=O) groups is 3. The SMILES string of the molecule is O=C(COc1cccc([C@H]2c3sc(=O)[nH]c3SC3C4CC(C5C(=O)N(c6ccc(Br)cc6)C(=O)C45)C32)c1)N1CCOCC1. The Morgan fingerprint density at radius 2 is 1.77 bits per heavy atom. The predicted octanol–water partition coefficient (Wildman–Crippen LogP) is 4.11. The van der Waals surface area contributed by atoms with Gasteiger partial charge >= 0.3 is 4.87 Å². The Kier molecular flexibility index (Phi) is 6.81. The van der Waals surface area contributed by atoms with E-state index in [9.17, 15) is 19.2 Å². The molecule has 0 radical (unpaired) electrons. The standard InChI is InChI=1S/C31H28BrN3O6S2/c32-16-4-6-17(7-5-16)35-29(37)24-19-13-20(25(24)30(35)38)26-23(19)22(27-28(42-26)33-31(39)43-27)15-2-1-3-18(12-15)41-14-21(36)34-8-10-40-11-9-34/h1-7,12,19-20,22-26H,8-11,13-14H2,(H,33,39)/t19?,20?,22-,23?,24?,25?,26?/m1/s1. The van der Waals surface area contributed by atoms with Gasteiger partial charge in [-0.3, -0.25) is 24.1 Å². The van der Waals surface area contributed by atoms with Gasteiger partial charge in [-0.05, 0) is 66.1 Å². The first-order chi connectivity index (χ1) is 20.9. The number of benzene rings is 2. The molecule has 5 aliphatic rings. The summed E-state index contributed by atoms with van der Waals surface area (Å²) in [7, 11) is 0. The maximum Gasteiger partial charge on any atom is 0.305 e. The molecule has 4 fully saturated rings. The second-order valence-electron chi connectivity index (χ2n) is 11.8. The lowest BCUT2D eigenvalue weighted by Crippen LogP contribution is -2.43. The van der Waals surface area contributed by atoms with Crippen LogP contribution in [-0.4, -0.2) is 65.8 Å². The number of nitrogens with zero attached hydrogens (tertiary/aromatic N) is 2. The highest BCUT2D eigenvalue weighted by molar-refractivity contribution is 9.10. The molecular formula is C31H28BrN3O6S2. The summed E-state index contributed by atoms with van der Waals surface area (Å²) >= 11 is 6.34. The van der Waals surface area contributed by atoms with Crippen LogP contribution in [0.5, 0.6) is 5.75 Å². The van der Waals surface area contributed by atoms with E-state index in [2.05, 4.69) is 20.9 Å². The molecule has 2 saturated heterocycles. The van der Waals surface area contributed by atoms with E-state index in [0.717, 1.165) is 26.4 Å². The van der Waals surface area contributed by atoms with Crippen LogP contribution >= 0.6 is 39.0 Å². The zero-order valence-electron chi connectivity index (χ0n) is 22.9. The number of thioether (sulfide) groups is 1. The van der Waals surface area contributed by atoms with Crippen LogP contribution < -0.4 is 14.5 Å². The van der Waals surface area contributed by atoms with Crippen LogP contribution in [-0.2, 0) is 19.1 Å². The summed E-state index contributed by atoms with van der Waals surface area (Å²) in [5, 5.41) is 0.962. The molecule has 3 aromatic rings. The second kappa shape index (κ2) is 10.6. The molecule has 8 rings (SSSR count). The smallest absolute Gasteiger partial charge is 0.305 e. The number of aromatic amines is 1. The van der Waals surface area contributed by atoms with Crippen LogP contribution in [0.4, 0.5) is 5.69 Å². The van der Waals surface area contributed by atoms with Gasteiger partial charge < -0.3 is 19.4 Å². The first-order valence-electron chi connectivity index (χ1n) is 14.5. The third kappa shape index (κ3) is 4.43. The van der Waals surface area contributed by atoms with Crippen LogP contribution in [0.25, 0.3) is 0 Å². The molecule has 9 nitrogen and oxygen atoms in total. The molecule has 1 N–H and O–H groups in total. The molecule has 1 aromatic heterocycles. The summed E-state index contributed by atoms with van der Waals surface area (Å²) in [4.78, 5) is 60.1. The molecule has 3 aliphatic heterocycles. The Balaban J connectivity index is 1.11. The van der Waals surface area contributed by atoms with Gasteiger partial charge in [0, 0.05) is 33.6 Å². The van der Waals surface area contributed by atoms with Gasteiger partial charge in [-0.25, -0.2) is 0 Å². The van der Waals surface area contributed by atoms with Crippen LogP contribution in [0.15, 0.2) is 62.8 Å². The number of morpholine rings is 1. The quantitative estimate of drug-likeness (QED) is 0.404. The number of imide groups is 1. The van der Waals surface area contributed by atoms with Crippen LogP contribution in [0, 0.1) is 29.6 Å². The van der Waals surface area contributed by atoms with Gasteiger partial charge in [0.05, 0.1) is 35.8 Å². The van der Waals surface area contributed by atoms with E-state index in [1.165, 1.54) is 16.2 Å². The third-order valence-electron chi connectivity index (χ3n) is 9.75. The lowest BCUT2D eigenvalue weighted by Gasteiger charge is -2.43. The molecule has 4 heterocycles. The van der Waals surface area contributed by atoms with Crippen molar-refractivity contribution >= 4 is 62.4 Å². The number of rotatable bonds is 5. The van der Waals surface area contributed by atoms with Crippen molar-refractivity contribution in [3.8, 4) is 5.75 Å². The van der Waals surface area contributed by atoms with Gasteiger partial charge in [0.1, 0.15) is 5.75 Å². The van der Waals surface area contributed by atoms with Crippen LogP contribution in [0.2, 0.25) is 0 Å². The Bertz CT molecular complexity index is 1680. The molecule has 43 heavy (non-hydrogen) atoms. The number of thiazole rings is 1. The number of ether oxygens (including phenoxy) is 2. The highest BCUT2D eigenvalue weighted by Gasteiger charge is 2.69. The monoisotopic (exact) mass is 681 g/mol. The number of hydrogen-bond acceptors (Lipinski definition) is 8. The topological polar surface area (TPSA) is 109 Å². The predicted molar refractivity (Wildman–Crippen MR) is 164 cm³/mol. The fourth-order valence-electron chi connectivity index (χ4n) is 8.08. The number of hydrogen-bond donors (Lipinski definition) is 1. The van der Waals surface area contributed by atoms with Gasteiger partial charge in [0.25, 0.3) is 5.91 Å². The molecule has 2 aromatic carbocycles. The minimum atomic E-state index is -0.367. The number of H-pyrrole nitrogens is 1. The van der Waals surface area contributed by atoms with E-state index in [4.69, 9.17) is 9.47 Å². The highest BCUT2D eigenvalue weighted by Crippen LogP contribution is 2.68. The Labute approximate surface area is 264 Å². The van der Waals surface area contributed by atoms with Crippen molar-refractivity contribution in [3.05, 3.63) is 73.1 Å². The highest BCUT2D eigenvalue weighted by atomic mass is 79.9. The number of aromatic nitrogens is 1. The lowest BCUT2D eigenvalue weighted by atomic mass is 9.68. The average molecular weight is 683 g/mol. The third-order valence-corrected chi connectivity index (χ3v) is 12.9. The van der Waals surface area contributed by atoms with Crippen molar-refractivity contribution in [2.45, 2.75) is 22.6 Å². The van der Waals surface area contributed by atoms with E-state index in [1.54, 1.807) is 16.7 Å². The number of halogens is 1. The van der Waals surface area contributed by atoms with Gasteiger partial charge in [-0.2, -0.15) is 0 Å². The number of fused-ring (bicyclic) bond motifs is 9. The maximum absolute atomic E-state index is 13.9. The minimum Gasteiger partial charge on any atom is -0.484 e. The largest absolute Gasteiger partial charge is 0.484 e. The summed E-state index contributed by atoms with van der Waals surface area (Å²) in [6.45, 7) is 2.13. The normalized spacial score (nSPS) is 30.8. The molecule has 6 unspecified atom stereocenters. The Hall–Kier alpha value is -2.93. The van der Waals surface area contributed by atoms with E-state index in [-0.39, 0.29) is 70.0 Å². The van der Waals surface area contributed by atoms with E-state index in [0.29, 0.717) is 37.7 Å². The fraction of sp³-hybridized carbons (Fsp3) is 0.419. The van der Waals surface area contributed by atoms with E-state index in [1.807, 2.05) is 48.5 Å². The molecule has 3 amide bonds. The van der Waals surface area contributed by atoms with Crippen LogP contribution in [0.1, 0.15) is 22.8 Å². The Morgan fingerprint density at radius 1 is 1.02 bits per heavy atom. The fourth-order valence-corrected chi connectivity index (χ4v) is 11.2. The number of anilines is 1. The molecule has 12 heteroatoms. The molecule has 0 spiro atoms. The molecule has 2 aliphatic carbocycles. The molecule has 2 bridgehead atoms. The summed E-state index contributed by atoms with van der Waals surface area (Å²) in [6.07, 6.45) is 0.823. The minimum absolute atomic E-state index is 0.0206. The van der Waals surface area contributed by atoms with Crippen molar-refractivity contribution in [3.63, 3.8) is 0 Å². The summed E-state index contributed by atoms with van der Waals surface area (Å²) in [5.74, 6) is -0.383. The van der Waals surface area contributed by atoms with Crippen LogP contribution in [0.3, 0.4) is 0 Å². The van der Waals surface area contributed by atoms with E-state index >= 15 is 0 Å². The van der Waals surface area contributed by atoms with Crippen molar-refractivity contribution in [1.82, 2.24) is 9.88 Å². The van der Waals surface area contributed by atoms with Gasteiger partial charge in [-0.1, -0.05) is 39.4 Å². The first-order valence-corrected chi connectivity index (χ1v) is 17.0. The average Bonchev–Trinajstić information content (AvgIpc) is 3.76. The van der Waals surface area contributed by atoms with Gasteiger partial charge in [-0.15, -0.1) is 11.8 Å². The first kappa shape index (κ1) is 27.6. The summed E-state index contributed by atoms with van der Waals surface area (Å²) < 4.78 is 12.2. The zero-order valence-corrected chi connectivity index (χ0v) is 26.2. The second-order valence-corrected chi connectivity index (χ2v) is 14.9. The Morgan fingerprint density at radius 3 is 2.53 bits per heavy atom. The maximum atomic E-state index is 13.9. The molecule has 2 saturated carbocycles. The zero-order chi connectivity index (χ0) is 29.4. The number of nitrogens with one attached hydrogen (secondary N) is 1. The van der Waals surface area contributed by atoms with Crippen molar-refractivity contribution < 1.29 is 23.9 Å². The molecule has 222 valence electrons. The number of amides is 3.